The summed E-state index contributed by atoms with van der Waals surface area (Å²) in [4.78, 5) is 64.4. The van der Waals surface area contributed by atoms with Crippen molar-refractivity contribution >= 4 is 41.2 Å². The van der Waals surface area contributed by atoms with Gasteiger partial charge in [-0.1, -0.05) is 43.3 Å². The van der Waals surface area contributed by atoms with Gasteiger partial charge in [-0.15, -0.1) is 0 Å². The van der Waals surface area contributed by atoms with Crippen LogP contribution in [0.1, 0.15) is 47.6 Å². The van der Waals surface area contributed by atoms with E-state index in [4.69, 9.17) is 19.8 Å². The van der Waals surface area contributed by atoms with E-state index in [9.17, 15) is 40.7 Å². The van der Waals surface area contributed by atoms with E-state index in [-0.39, 0.29) is 24.3 Å². The minimum Gasteiger partial charge on any atom is -0.475 e. The van der Waals surface area contributed by atoms with Gasteiger partial charge < -0.3 is 36.4 Å². The van der Waals surface area contributed by atoms with Crippen LogP contribution < -0.4 is 21.3 Å². The molecule has 3 amide bonds. The molecule has 1 aliphatic carbocycles. The first kappa shape index (κ1) is 43.2. The molecule has 56 heavy (non-hydrogen) atoms. The second kappa shape index (κ2) is 17.5. The molecule has 1 unspecified atom stereocenters. The molecule has 2 aliphatic heterocycles. The Balaban J connectivity index is 0.000000425. The van der Waals surface area contributed by atoms with Gasteiger partial charge in [0.15, 0.2) is 0 Å². The van der Waals surface area contributed by atoms with E-state index >= 15 is 0 Å². The van der Waals surface area contributed by atoms with E-state index < -0.39 is 35.1 Å². The number of aliphatic carboxylic acids is 2. The highest BCUT2D eigenvalue weighted by atomic mass is 19.4. The Bertz CT molecular complexity index is 1930. The Kier molecular flexibility index (Phi) is 13.5. The molecule has 6 rings (SSSR count). The average molecular weight is 795 g/mol. The topological polar surface area (TPSA) is 190 Å². The van der Waals surface area contributed by atoms with Crippen LogP contribution in [0.4, 0.5) is 37.8 Å². The Morgan fingerprint density at radius 1 is 0.875 bits per heavy atom. The maximum absolute atomic E-state index is 14.0. The number of carboxylic acid groups (broad SMARTS) is 2. The summed E-state index contributed by atoms with van der Waals surface area (Å²) in [6, 6.07) is 17.7. The predicted octanol–water partition coefficient (Wildman–Crippen LogP) is 4.41. The summed E-state index contributed by atoms with van der Waals surface area (Å²) in [6.07, 6.45) is -5.85. The third-order valence-electron chi connectivity index (χ3n) is 9.64. The van der Waals surface area contributed by atoms with Gasteiger partial charge in [0.25, 0.3) is 0 Å². The number of nitrogens with zero attached hydrogens (tertiary/aromatic N) is 2. The molecule has 1 fully saturated rings. The van der Waals surface area contributed by atoms with Gasteiger partial charge in [0, 0.05) is 36.0 Å². The fourth-order valence-electron chi connectivity index (χ4n) is 6.77. The molecule has 3 aliphatic rings. The highest BCUT2D eigenvalue weighted by Gasteiger charge is 2.51. The van der Waals surface area contributed by atoms with E-state index in [1.165, 1.54) is 0 Å². The summed E-state index contributed by atoms with van der Waals surface area (Å²) in [5, 5.41) is 26.8. The van der Waals surface area contributed by atoms with Crippen molar-refractivity contribution in [1.82, 2.24) is 20.5 Å². The molecule has 3 heterocycles. The van der Waals surface area contributed by atoms with Crippen molar-refractivity contribution in [3.8, 4) is 0 Å². The van der Waals surface area contributed by atoms with Crippen molar-refractivity contribution in [2.75, 3.05) is 37.3 Å². The Hall–Kier alpha value is -5.56. The molecule has 0 radical (unpaired) electrons. The number of pyridine rings is 1. The molecule has 1 atom stereocenters. The van der Waals surface area contributed by atoms with E-state index in [1.807, 2.05) is 62.5 Å². The molecule has 302 valence electrons. The minimum absolute atomic E-state index is 0.00817. The van der Waals surface area contributed by atoms with Gasteiger partial charge >= 0.3 is 24.3 Å². The average Bonchev–Trinajstić information content (AvgIpc) is 3.64. The molecule has 19 heteroatoms. The van der Waals surface area contributed by atoms with Crippen LogP contribution in [0.3, 0.4) is 0 Å². The number of nitrogens with one attached hydrogen (secondary N) is 4. The summed E-state index contributed by atoms with van der Waals surface area (Å²) in [7, 11) is 1.90. The zero-order valence-electron chi connectivity index (χ0n) is 30.2. The van der Waals surface area contributed by atoms with E-state index in [0.29, 0.717) is 37.4 Å². The zero-order chi connectivity index (χ0) is 41.5. The zero-order valence-corrected chi connectivity index (χ0v) is 30.2. The SMILES string of the molecule is CNCc1ccccc1CN(CC(=O)Nc1ccc2c(c1)CC1(C2)C(=O)Nc2ncccc21)C(=O)C1(C)CCNCC1.O=C(O)C(F)(F)F.O=C(O)C(F)(F)F. The van der Waals surface area contributed by atoms with Crippen LogP contribution in [0.2, 0.25) is 0 Å². The molecule has 1 aromatic heterocycles. The summed E-state index contributed by atoms with van der Waals surface area (Å²) >= 11 is 0. The lowest BCUT2D eigenvalue weighted by molar-refractivity contribution is -0.193. The first-order valence-electron chi connectivity index (χ1n) is 17.2. The molecule has 0 saturated carbocycles. The van der Waals surface area contributed by atoms with Gasteiger partial charge in [-0.05, 0) is 86.3 Å². The first-order valence-corrected chi connectivity index (χ1v) is 17.2. The second-order valence-corrected chi connectivity index (χ2v) is 13.7. The summed E-state index contributed by atoms with van der Waals surface area (Å²) in [5.41, 5.74) is 4.67. The lowest BCUT2D eigenvalue weighted by Gasteiger charge is -2.37. The summed E-state index contributed by atoms with van der Waals surface area (Å²) < 4.78 is 63.5. The Labute approximate surface area is 316 Å². The van der Waals surface area contributed by atoms with E-state index in [2.05, 4.69) is 32.3 Å². The minimum atomic E-state index is -5.08. The van der Waals surface area contributed by atoms with Crippen LogP contribution in [0.25, 0.3) is 0 Å². The van der Waals surface area contributed by atoms with Crippen molar-refractivity contribution in [2.24, 2.45) is 5.41 Å². The number of hydrogen-bond acceptors (Lipinski definition) is 8. The third kappa shape index (κ3) is 10.4. The van der Waals surface area contributed by atoms with Gasteiger partial charge in [0.1, 0.15) is 12.4 Å². The van der Waals surface area contributed by atoms with Crippen molar-refractivity contribution in [2.45, 2.75) is 63.5 Å². The molecule has 3 aromatic rings. The van der Waals surface area contributed by atoms with Gasteiger partial charge in [0.05, 0.1) is 5.41 Å². The third-order valence-corrected chi connectivity index (χ3v) is 9.64. The number of piperidine rings is 1. The molecule has 1 spiro atoms. The number of hydrogen-bond donors (Lipinski definition) is 6. The number of anilines is 2. The molecule has 13 nitrogen and oxygen atoms in total. The Morgan fingerprint density at radius 2 is 1.46 bits per heavy atom. The maximum atomic E-state index is 14.0. The quantitative estimate of drug-likeness (QED) is 0.178. The van der Waals surface area contributed by atoms with Gasteiger partial charge in [-0.25, -0.2) is 14.6 Å². The number of rotatable bonds is 8. The van der Waals surface area contributed by atoms with E-state index in [1.54, 1.807) is 11.1 Å². The van der Waals surface area contributed by atoms with Crippen LogP contribution in [-0.2, 0) is 55.3 Å². The summed E-state index contributed by atoms with van der Waals surface area (Å²) in [5.74, 6) is -5.15. The Morgan fingerprint density at radius 3 is 2.05 bits per heavy atom. The highest BCUT2D eigenvalue weighted by Crippen LogP contribution is 2.47. The second-order valence-electron chi connectivity index (χ2n) is 13.7. The molecular weight excluding hydrogens is 754 g/mol. The van der Waals surface area contributed by atoms with Gasteiger partial charge in [0.2, 0.25) is 17.7 Å². The number of alkyl halides is 6. The standard InChI is InChI=1S/C33H38N6O3.2C2HF3O2/c1-32(11-14-35-15-12-32)31(42)39(20-24-7-4-3-6-23(24)19-34-2)21-28(40)37-26-10-9-22-17-33(18-25(22)16-26)27-8-5-13-36-29(27)38-30(33)41;2*3-2(4,5)1(6)7/h3-10,13,16,34-35H,11-12,14-15,17-21H2,1-2H3,(H,37,40)(H,36,38,41);2*(H,6,7). The maximum Gasteiger partial charge on any atom is 0.490 e. The van der Waals surface area contributed by atoms with Crippen molar-refractivity contribution in [3.05, 3.63) is 88.6 Å². The van der Waals surface area contributed by atoms with Crippen molar-refractivity contribution in [3.63, 3.8) is 0 Å². The first-order chi connectivity index (χ1) is 26.2. The highest BCUT2D eigenvalue weighted by molar-refractivity contribution is 6.06. The predicted molar refractivity (Wildman–Crippen MR) is 189 cm³/mol. The largest absolute Gasteiger partial charge is 0.490 e. The number of benzene rings is 2. The molecule has 1 saturated heterocycles. The molecule has 2 aromatic carbocycles. The normalized spacial score (nSPS) is 17.9. The number of fused-ring (bicyclic) bond motifs is 3. The van der Waals surface area contributed by atoms with Gasteiger partial charge in [-0.3, -0.25) is 14.4 Å². The lowest BCUT2D eigenvalue weighted by atomic mass is 9.79. The molecule has 0 bridgehead atoms. The number of halogens is 6. The van der Waals surface area contributed by atoms with Crippen LogP contribution in [-0.4, -0.2) is 88.8 Å². The lowest BCUT2D eigenvalue weighted by Crippen LogP contribution is -2.49. The fourth-order valence-corrected chi connectivity index (χ4v) is 6.77. The smallest absolute Gasteiger partial charge is 0.475 e. The number of carbonyl (C=O) groups excluding carboxylic acids is 3. The molecule has 6 N–H and O–H groups in total. The number of carbonyl (C=O) groups is 5. The van der Waals surface area contributed by atoms with Crippen LogP contribution in [0.5, 0.6) is 0 Å². The van der Waals surface area contributed by atoms with Crippen molar-refractivity contribution < 1.29 is 60.5 Å². The monoisotopic (exact) mass is 794 g/mol. The summed E-state index contributed by atoms with van der Waals surface area (Å²) in [6.45, 7) is 4.59. The van der Waals surface area contributed by atoms with E-state index in [0.717, 1.165) is 53.7 Å². The van der Waals surface area contributed by atoms with Crippen LogP contribution in [0.15, 0.2) is 60.8 Å². The van der Waals surface area contributed by atoms with Crippen LogP contribution >= 0.6 is 0 Å². The van der Waals surface area contributed by atoms with Gasteiger partial charge in [-0.2, -0.15) is 26.3 Å². The molecular formula is C37H40F6N6O7. The fraction of sp³-hybridized carbons (Fsp3) is 0.405. The number of carboxylic acids is 2. The number of aromatic nitrogens is 1. The van der Waals surface area contributed by atoms with Crippen LogP contribution in [0, 0.1) is 5.41 Å². The number of amides is 3. The van der Waals surface area contributed by atoms with Crippen molar-refractivity contribution in [1.29, 1.82) is 0 Å².